The Morgan fingerprint density at radius 1 is 1.56 bits per heavy atom. The summed E-state index contributed by atoms with van der Waals surface area (Å²) in [6, 6.07) is 0. The van der Waals surface area contributed by atoms with Gasteiger partial charge in [-0.05, 0) is 27.7 Å². The summed E-state index contributed by atoms with van der Waals surface area (Å²) < 4.78 is 1.94. The highest BCUT2D eigenvalue weighted by Crippen LogP contribution is 2.16. The summed E-state index contributed by atoms with van der Waals surface area (Å²) in [5.74, 6) is -0.157. The fraction of sp³-hybridized carbons (Fsp3) is 0.500. The first-order valence-electron chi connectivity index (χ1n) is 5.74. The molecule has 0 aliphatic heterocycles. The number of hydrogen-bond acceptors (Lipinski definition) is 4. The molecule has 1 N–H and O–H groups in total. The number of aryl methyl sites for hydroxylation is 1. The van der Waals surface area contributed by atoms with E-state index in [0.29, 0.717) is 0 Å². The van der Waals surface area contributed by atoms with Gasteiger partial charge in [-0.2, -0.15) is 0 Å². The van der Waals surface area contributed by atoms with Crippen molar-refractivity contribution in [3.05, 3.63) is 23.0 Å². The molecule has 2 aromatic rings. The quantitative estimate of drug-likeness (QED) is 0.866. The number of imidazole rings is 1. The van der Waals surface area contributed by atoms with Crippen molar-refractivity contribution in [2.24, 2.45) is 0 Å². The third-order valence-corrected chi connectivity index (χ3v) is 3.11. The first-order valence-corrected chi connectivity index (χ1v) is 6.62. The third-order valence-electron chi connectivity index (χ3n) is 2.22. The standard InChI is InChI=1S/C12H17N3O2S/c1-8-6-15-9(7-18-11(15)13-8)5-10(16)14-17-12(2,3)4/h6-7H,5H2,1-4H3,(H,14,16). The molecule has 0 radical (unpaired) electrons. The maximum atomic E-state index is 11.7. The number of nitrogens with zero attached hydrogens (tertiary/aromatic N) is 2. The van der Waals surface area contributed by atoms with Gasteiger partial charge < -0.3 is 0 Å². The van der Waals surface area contributed by atoms with Gasteiger partial charge in [-0.3, -0.25) is 14.0 Å². The molecule has 6 heteroatoms. The molecule has 98 valence electrons. The Kier molecular flexibility index (Phi) is 3.41. The number of nitrogens with one attached hydrogen (secondary N) is 1. The van der Waals surface area contributed by atoms with Crippen LogP contribution in [0.3, 0.4) is 0 Å². The lowest BCUT2D eigenvalue weighted by atomic mass is 10.2. The van der Waals surface area contributed by atoms with Gasteiger partial charge in [0.05, 0.1) is 17.7 Å². The van der Waals surface area contributed by atoms with E-state index < -0.39 is 0 Å². The topological polar surface area (TPSA) is 55.6 Å². The van der Waals surface area contributed by atoms with Crippen molar-refractivity contribution in [1.29, 1.82) is 0 Å². The van der Waals surface area contributed by atoms with Gasteiger partial charge in [0.25, 0.3) is 0 Å². The van der Waals surface area contributed by atoms with Gasteiger partial charge in [0.15, 0.2) is 4.96 Å². The summed E-state index contributed by atoms with van der Waals surface area (Å²) in [5.41, 5.74) is 3.96. The Labute approximate surface area is 110 Å². The van der Waals surface area contributed by atoms with Crippen molar-refractivity contribution < 1.29 is 9.63 Å². The summed E-state index contributed by atoms with van der Waals surface area (Å²) in [6.07, 6.45) is 2.21. The highest BCUT2D eigenvalue weighted by Gasteiger charge is 2.15. The Morgan fingerprint density at radius 2 is 2.28 bits per heavy atom. The molecular formula is C12H17N3O2S. The molecule has 0 aliphatic rings. The molecule has 0 aromatic carbocycles. The van der Waals surface area contributed by atoms with Gasteiger partial charge in [0.1, 0.15) is 0 Å². The van der Waals surface area contributed by atoms with Crippen LogP contribution in [-0.2, 0) is 16.1 Å². The van der Waals surface area contributed by atoms with Crippen LogP contribution in [0, 0.1) is 6.92 Å². The van der Waals surface area contributed by atoms with Crippen LogP contribution < -0.4 is 5.48 Å². The Bertz CT molecular complexity index is 565. The van der Waals surface area contributed by atoms with Gasteiger partial charge in [-0.25, -0.2) is 10.5 Å². The number of fused-ring (bicyclic) bond motifs is 1. The maximum Gasteiger partial charge on any atom is 0.249 e. The van der Waals surface area contributed by atoms with Crippen LogP contribution in [0.1, 0.15) is 32.2 Å². The smallest absolute Gasteiger partial charge is 0.249 e. The molecule has 0 saturated carbocycles. The van der Waals surface area contributed by atoms with Gasteiger partial charge in [0, 0.05) is 17.3 Å². The van der Waals surface area contributed by atoms with Crippen molar-refractivity contribution in [2.45, 2.75) is 39.7 Å². The van der Waals surface area contributed by atoms with Gasteiger partial charge in [0.2, 0.25) is 5.91 Å². The van der Waals surface area contributed by atoms with E-state index >= 15 is 0 Å². The fourth-order valence-corrected chi connectivity index (χ4v) is 2.40. The highest BCUT2D eigenvalue weighted by atomic mass is 32.1. The minimum Gasteiger partial charge on any atom is -0.294 e. The first-order chi connectivity index (χ1) is 8.35. The largest absolute Gasteiger partial charge is 0.294 e. The normalized spacial score (nSPS) is 12.0. The van der Waals surface area contributed by atoms with Crippen LogP contribution in [0.2, 0.25) is 0 Å². The SMILES string of the molecule is Cc1cn2c(CC(=O)NOC(C)(C)C)csc2n1. The van der Waals surface area contributed by atoms with E-state index in [9.17, 15) is 4.79 Å². The second kappa shape index (κ2) is 4.70. The fourth-order valence-electron chi connectivity index (χ4n) is 1.48. The molecule has 0 aliphatic carbocycles. The lowest BCUT2D eigenvalue weighted by molar-refractivity contribution is -0.144. The van der Waals surface area contributed by atoms with Crippen LogP contribution in [-0.4, -0.2) is 20.9 Å². The molecule has 0 bridgehead atoms. The monoisotopic (exact) mass is 267 g/mol. The third kappa shape index (κ3) is 3.08. The number of thiazole rings is 1. The number of carbonyl (C=O) groups is 1. The first kappa shape index (κ1) is 13.0. The van der Waals surface area contributed by atoms with Gasteiger partial charge in [-0.1, -0.05) is 0 Å². The molecule has 2 rings (SSSR count). The van der Waals surface area contributed by atoms with Gasteiger partial charge >= 0.3 is 0 Å². The van der Waals surface area contributed by atoms with Gasteiger partial charge in [-0.15, -0.1) is 11.3 Å². The lowest BCUT2D eigenvalue weighted by Gasteiger charge is -2.18. The maximum absolute atomic E-state index is 11.7. The zero-order valence-corrected chi connectivity index (χ0v) is 11.8. The minimum atomic E-state index is -0.384. The van der Waals surface area contributed by atoms with Crippen LogP contribution in [0.15, 0.2) is 11.6 Å². The van der Waals surface area contributed by atoms with E-state index in [-0.39, 0.29) is 17.9 Å². The Hall–Kier alpha value is -1.40. The molecule has 0 unspecified atom stereocenters. The van der Waals surface area contributed by atoms with E-state index in [1.165, 1.54) is 11.3 Å². The van der Waals surface area contributed by atoms with E-state index in [1.54, 1.807) is 0 Å². The summed E-state index contributed by atoms with van der Waals surface area (Å²) >= 11 is 1.53. The summed E-state index contributed by atoms with van der Waals surface area (Å²) in [6.45, 7) is 7.59. The molecule has 2 heterocycles. The van der Waals surface area contributed by atoms with Crippen molar-refractivity contribution in [2.75, 3.05) is 0 Å². The van der Waals surface area contributed by atoms with Crippen molar-refractivity contribution in [3.8, 4) is 0 Å². The number of amides is 1. The van der Waals surface area contributed by atoms with Crippen LogP contribution in [0.25, 0.3) is 4.96 Å². The molecule has 0 saturated heterocycles. The molecule has 0 fully saturated rings. The predicted octanol–water partition coefficient (Wildman–Crippen LogP) is 2.09. The van der Waals surface area contributed by atoms with E-state index in [2.05, 4.69) is 10.5 Å². The van der Waals surface area contributed by atoms with E-state index in [4.69, 9.17) is 4.84 Å². The zero-order valence-electron chi connectivity index (χ0n) is 11.0. The van der Waals surface area contributed by atoms with Crippen LogP contribution in [0.5, 0.6) is 0 Å². The van der Waals surface area contributed by atoms with Crippen LogP contribution in [0.4, 0.5) is 0 Å². The van der Waals surface area contributed by atoms with E-state index in [1.807, 2.05) is 43.7 Å². The molecule has 2 aromatic heterocycles. The molecule has 18 heavy (non-hydrogen) atoms. The predicted molar refractivity (Wildman–Crippen MR) is 70.5 cm³/mol. The van der Waals surface area contributed by atoms with Crippen molar-refractivity contribution in [3.63, 3.8) is 0 Å². The molecule has 5 nitrogen and oxygen atoms in total. The number of carbonyl (C=O) groups excluding carboxylic acids is 1. The average molecular weight is 267 g/mol. The zero-order chi connectivity index (χ0) is 13.3. The lowest BCUT2D eigenvalue weighted by Crippen LogP contribution is -2.34. The molecule has 0 atom stereocenters. The Balaban J connectivity index is 2.02. The molecule has 1 amide bonds. The minimum absolute atomic E-state index is 0.157. The summed E-state index contributed by atoms with van der Waals surface area (Å²) in [7, 11) is 0. The second-order valence-electron chi connectivity index (χ2n) is 5.18. The number of aromatic nitrogens is 2. The summed E-state index contributed by atoms with van der Waals surface area (Å²) in [4.78, 5) is 22.2. The molecular weight excluding hydrogens is 250 g/mol. The second-order valence-corrected chi connectivity index (χ2v) is 6.01. The number of hydroxylamine groups is 1. The molecule has 0 spiro atoms. The van der Waals surface area contributed by atoms with E-state index in [0.717, 1.165) is 16.3 Å². The number of hydrogen-bond donors (Lipinski definition) is 1. The average Bonchev–Trinajstić information content (AvgIpc) is 2.76. The Morgan fingerprint density at radius 3 is 2.94 bits per heavy atom. The highest BCUT2D eigenvalue weighted by molar-refractivity contribution is 7.15. The van der Waals surface area contributed by atoms with Crippen molar-refractivity contribution >= 4 is 22.2 Å². The summed E-state index contributed by atoms with van der Waals surface area (Å²) in [5, 5.41) is 1.94. The van der Waals surface area contributed by atoms with Crippen molar-refractivity contribution in [1.82, 2.24) is 14.9 Å². The van der Waals surface area contributed by atoms with Crippen LogP contribution >= 0.6 is 11.3 Å². The number of rotatable bonds is 3.